The van der Waals surface area contributed by atoms with Crippen LogP contribution in [0.3, 0.4) is 0 Å². The molecule has 38 heavy (non-hydrogen) atoms. The van der Waals surface area contributed by atoms with Gasteiger partial charge in [0.1, 0.15) is 17.5 Å². The van der Waals surface area contributed by atoms with Crippen LogP contribution in [0.1, 0.15) is 50.2 Å². The molecule has 0 unspecified atom stereocenters. The van der Waals surface area contributed by atoms with E-state index in [1.54, 1.807) is 41.4 Å². The Labute approximate surface area is 219 Å². The number of anilines is 6. The molecule has 1 atom stereocenters. The third-order valence-corrected chi connectivity index (χ3v) is 7.48. The summed E-state index contributed by atoms with van der Waals surface area (Å²) in [5, 5.41) is 15.0. The Morgan fingerprint density at radius 3 is 2.76 bits per heavy atom. The molecule has 2 amide bonds. The van der Waals surface area contributed by atoms with E-state index in [0.717, 1.165) is 25.7 Å². The van der Waals surface area contributed by atoms with Crippen LogP contribution in [0, 0.1) is 17.1 Å². The number of nitrogens with one attached hydrogen (secondary N) is 2. The monoisotopic (exact) mass is 511 g/mol. The van der Waals surface area contributed by atoms with Gasteiger partial charge in [-0.15, -0.1) is 0 Å². The maximum absolute atomic E-state index is 14.6. The minimum absolute atomic E-state index is 0.110. The van der Waals surface area contributed by atoms with E-state index in [-0.39, 0.29) is 35.9 Å². The lowest BCUT2D eigenvalue weighted by atomic mass is 9.92. The van der Waals surface area contributed by atoms with Crippen LogP contribution in [0.5, 0.6) is 0 Å². The molecule has 3 aromatic rings. The van der Waals surface area contributed by atoms with E-state index in [4.69, 9.17) is 4.98 Å². The van der Waals surface area contributed by atoms with Gasteiger partial charge in [-0.05, 0) is 55.7 Å². The van der Waals surface area contributed by atoms with Crippen molar-refractivity contribution < 1.29 is 14.0 Å². The van der Waals surface area contributed by atoms with Crippen LogP contribution in [-0.2, 0) is 16.0 Å². The molecule has 2 aliphatic heterocycles. The Kier molecular flexibility index (Phi) is 5.91. The summed E-state index contributed by atoms with van der Waals surface area (Å²) in [6.07, 6.45) is 6.97. The van der Waals surface area contributed by atoms with Crippen molar-refractivity contribution in [2.45, 2.75) is 57.5 Å². The van der Waals surface area contributed by atoms with Crippen LogP contribution >= 0.6 is 0 Å². The smallest absolute Gasteiger partial charge is 0.254 e. The van der Waals surface area contributed by atoms with Gasteiger partial charge < -0.3 is 15.5 Å². The number of hydrogen-bond donors (Lipinski definition) is 2. The number of carbonyl (C=O) groups is 2. The molecule has 0 bridgehead atoms. The van der Waals surface area contributed by atoms with Gasteiger partial charge in [0.25, 0.3) is 5.91 Å². The number of nitriles is 1. The largest absolute Gasteiger partial charge is 0.340 e. The molecule has 0 saturated heterocycles. The van der Waals surface area contributed by atoms with Crippen molar-refractivity contribution in [3.63, 3.8) is 0 Å². The predicted molar refractivity (Wildman–Crippen MR) is 141 cm³/mol. The van der Waals surface area contributed by atoms with Crippen LogP contribution in [0.15, 0.2) is 42.6 Å². The third-order valence-electron chi connectivity index (χ3n) is 7.48. The van der Waals surface area contributed by atoms with Crippen LogP contribution in [0.2, 0.25) is 0 Å². The number of fused-ring (bicyclic) bond motifs is 2. The highest BCUT2D eigenvalue weighted by molar-refractivity contribution is 6.10. The van der Waals surface area contributed by atoms with Crippen molar-refractivity contribution in [1.82, 2.24) is 9.97 Å². The van der Waals surface area contributed by atoms with E-state index in [1.165, 1.54) is 12.5 Å². The first-order valence-corrected chi connectivity index (χ1v) is 12.8. The van der Waals surface area contributed by atoms with Crippen molar-refractivity contribution in [3.05, 3.63) is 59.5 Å². The van der Waals surface area contributed by atoms with Gasteiger partial charge in [0.15, 0.2) is 5.82 Å². The number of rotatable bonds is 4. The summed E-state index contributed by atoms with van der Waals surface area (Å²) in [6.45, 7) is 1.89. The Morgan fingerprint density at radius 2 is 1.97 bits per heavy atom. The number of hydrogen-bond acceptors (Lipinski definition) is 7. The Hall–Kier alpha value is -4.52. The van der Waals surface area contributed by atoms with Gasteiger partial charge in [-0.3, -0.25) is 14.5 Å². The van der Waals surface area contributed by atoms with Crippen LogP contribution in [-0.4, -0.2) is 33.9 Å². The van der Waals surface area contributed by atoms with Gasteiger partial charge in [0.05, 0.1) is 35.6 Å². The summed E-state index contributed by atoms with van der Waals surface area (Å²) in [5.41, 5.74) is 2.77. The maximum Gasteiger partial charge on any atom is 0.254 e. The summed E-state index contributed by atoms with van der Waals surface area (Å²) in [4.78, 5) is 38.5. The lowest BCUT2D eigenvalue weighted by Crippen LogP contribution is -2.55. The molecule has 1 aliphatic carbocycles. The first-order chi connectivity index (χ1) is 18.4. The molecule has 3 heterocycles. The average molecular weight is 512 g/mol. The predicted octanol–water partition coefficient (Wildman–Crippen LogP) is 4.93. The second-order valence-electron chi connectivity index (χ2n) is 9.96. The highest BCUT2D eigenvalue weighted by Gasteiger charge is 2.41. The van der Waals surface area contributed by atoms with Gasteiger partial charge in [0, 0.05) is 11.7 Å². The molecule has 9 nitrogen and oxygen atoms in total. The van der Waals surface area contributed by atoms with E-state index < -0.39 is 11.9 Å². The average Bonchev–Trinajstić information content (AvgIpc) is 3.31. The molecular weight excluding hydrogens is 485 g/mol. The van der Waals surface area contributed by atoms with Crippen LogP contribution in [0.25, 0.3) is 0 Å². The molecule has 6 rings (SSSR count). The van der Waals surface area contributed by atoms with Crippen LogP contribution < -0.4 is 20.4 Å². The standard InChI is InChI=1S/C28H26FN7O2/c1-16-27(38)36(21-9-5-6-17(10-21)14-30)23-15-31-28(34-26(23)35(16)20-7-3-2-4-8-20)32-19-11-18-12-24(37)33-25(18)22(29)13-19/h5-6,9-11,13,15-16,20H,2-4,7-8,12H2,1H3,(H,33,37)(H,31,32,34)/t16-/m1/s1. The Bertz CT molecular complexity index is 1500. The first kappa shape index (κ1) is 23.9. The van der Waals surface area contributed by atoms with Crippen molar-refractivity contribution in [3.8, 4) is 6.07 Å². The fourth-order valence-electron chi connectivity index (χ4n) is 5.71. The fourth-order valence-corrected chi connectivity index (χ4v) is 5.71. The van der Waals surface area contributed by atoms with Gasteiger partial charge >= 0.3 is 0 Å². The second kappa shape index (κ2) is 9.41. The molecule has 3 aliphatic rings. The lowest BCUT2D eigenvalue weighted by molar-refractivity contribution is -0.119. The normalized spacial score (nSPS) is 19.0. The van der Waals surface area contributed by atoms with E-state index in [9.17, 15) is 19.2 Å². The van der Waals surface area contributed by atoms with E-state index >= 15 is 0 Å². The van der Waals surface area contributed by atoms with E-state index in [2.05, 4.69) is 26.6 Å². The summed E-state index contributed by atoms with van der Waals surface area (Å²) in [5.74, 6) is -0.0139. The zero-order valence-electron chi connectivity index (χ0n) is 20.9. The van der Waals surface area contributed by atoms with Gasteiger partial charge in [-0.25, -0.2) is 9.37 Å². The number of nitrogens with zero attached hydrogens (tertiary/aromatic N) is 5. The Morgan fingerprint density at radius 1 is 1.16 bits per heavy atom. The van der Waals surface area contributed by atoms with Crippen molar-refractivity contribution in [2.75, 3.05) is 20.4 Å². The number of carbonyl (C=O) groups excluding carboxylic acids is 2. The number of aromatic nitrogens is 2. The van der Waals surface area contributed by atoms with Crippen LogP contribution in [0.4, 0.5) is 38.9 Å². The zero-order valence-corrected chi connectivity index (χ0v) is 20.9. The molecule has 0 radical (unpaired) electrons. The first-order valence-electron chi connectivity index (χ1n) is 12.8. The molecule has 2 N–H and O–H groups in total. The topological polar surface area (TPSA) is 114 Å². The molecule has 10 heteroatoms. The quantitative estimate of drug-likeness (QED) is 0.510. The fraction of sp³-hybridized carbons (Fsp3) is 0.321. The second-order valence-corrected chi connectivity index (χ2v) is 9.96. The molecule has 192 valence electrons. The number of halogens is 1. The highest BCUT2D eigenvalue weighted by Crippen LogP contribution is 2.43. The SMILES string of the molecule is C[C@@H]1C(=O)N(c2cccc(C#N)c2)c2cnc(Nc3cc(F)c4c(c3)CC(=O)N4)nc2N1C1CCCCC1. The van der Waals surface area contributed by atoms with Gasteiger partial charge in [-0.1, -0.05) is 25.3 Å². The minimum Gasteiger partial charge on any atom is -0.340 e. The Balaban J connectivity index is 1.43. The zero-order chi connectivity index (χ0) is 26.4. The van der Waals surface area contributed by atoms with E-state index in [0.29, 0.717) is 34.0 Å². The van der Waals surface area contributed by atoms with Crippen molar-refractivity contribution in [2.24, 2.45) is 0 Å². The molecule has 1 fully saturated rings. The van der Waals surface area contributed by atoms with Crippen molar-refractivity contribution in [1.29, 1.82) is 5.26 Å². The van der Waals surface area contributed by atoms with Gasteiger partial charge in [0.2, 0.25) is 11.9 Å². The van der Waals surface area contributed by atoms with E-state index in [1.807, 2.05) is 6.92 Å². The number of benzene rings is 2. The maximum atomic E-state index is 14.6. The van der Waals surface area contributed by atoms with Gasteiger partial charge in [-0.2, -0.15) is 10.2 Å². The summed E-state index contributed by atoms with van der Waals surface area (Å²) < 4.78 is 14.6. The highest BCUT2D eigenvalue weighted by atomic mass is 19.1. The molecule has 2 aromatic carbocycles. The summed E-state index contributed by atoms with van der Waals surface area (Å²) >= 11 is 0. The number of amides is 2. The summed E-state index contributed by atoms with van der Waals surface area (Å²) in [6, 6.07) is 11.7. The lowest BCUT2D eigenvalue weighted by Gasteiger charge is -2.45. The minimum atomic E-state index is -0.527. The molecule has 1 saturated carbocycles. The van der Waals surface area contributed by atoms with Crippen molar-refractivity contribution >= 4 is 46.3 Å². The molecular formula is C28H26FN7O2. The molecule has 0 spiro atoms. The third kappa shape index (κ3) is 4.10. The molecule has 1 aromatic heterocycles. The summed E-state index contributed by atoms with van der Waals surface area (Å²) in [7, 11) is 0.